The Bertz CT molecular complexity index is 1570. The maximum absolute atomic E-state index is 11.4. The predicted octanol–water partition coefficient (Wildman–Crippen LogP) is 9.58. The number of benzene rings is 3. The van der Waals surface area contributed by atoms with E-state index in [1.807, 2.05) is 66.9 Å². The maximum atomic E-state index is 11.4. The zero-order chi connectivity index (χ0) is 28.5. The van der Waals surface area contributed by atoms with Crippen molar-refractivity contribution in [1.29, 1.82) is 0 Å². The molecule has 0 radical (unpaired) electrons. The maximum Gasteiger partial charge on any atom is 0.137 e. The van der Waals surface area contributed by atoms with Crippen LogP contribution in [0.1, 0.15) is 52.7 Å². The molecule has 1 N–H and O–H groups in total. The highest BCUT2D eigenvalue weighted by Gasteiger charge is 2.26. The lowest BCUT2D eigenvalue weighted by Crippen LogP contribution is -2.17. The quantitative estimate of drug-likeness (QED) is 0.247. The number of hydrogen-bond acceptors (Lipinski definition) is 4. The van der Waals surface area contributed by atoms with Crippen molar-refractivity contribution in [2.75, 3.05) is 4.90 Å². The highest BCUT2D eigenvalue weighted by Crippen LogP contribution is 2.42. The molecule has 0 aliphatic carbocycles. The molecule has 0 unspecified atom stereocenters. The van der Waals surface area contributed by atoms with E-state index in [-0.39, 0.29) is 10.8 Å². The third kappa shape index (κ3) is 5.62. The largest absolute Gasteiger partial charge is 0.507 e. The first-order valence-electron chi connectivity index (χ1n) is 13.7. The fraction of sp³-hybridized carbons (Fsp3) is 0.222. The van der Waals surface area contributed by atoms with Crippen LogP contribution in [0.3, 0.4) is 0 Å². The highest BCUT2D eigenvalue weighted by atomic mass is 16.3. The number of phenolic OH excluding ortho intramolecular Hbond substituents is 1. The summed E-state index contributed by atoms with van der Waals surface area (Å²) in [5, 5.41) is 11.4. The second-order valence-electron chi connectivity index (χ2n) is 12.2. The van der Waals surface area contributed by atoms with E-state index in [2.05, 4.69) is 93.9 Å². The number of nitrogens with zero attached hydrogens (tertiary/aromatic N) is 3. The van der Waals surface area contributed by atoms with Gasteiger partial charge in [0.15, 0.2) is 0 Å². The lowest BCUT2D eigenvalue weighted by molar-refractivity contribution is 0.446. The molecule has 5 rings (SSSR count). The summed E-state index contributed by atoms with van der Waals surface area (Å²) in [7, 11) is 0. The number of aromatic hydroxyl groups is 1. The monoisotopic (exact) mass is 527 g/mol. The number of anilines is 3. The first kappa shape index (κ1) is 27.1. The first-order valence-corrected chi connectivity index (χ1v) is 13.7. The van der Waals surface area contributed by atoms with Crippen LogP contribution in [0.2, 0.25) is 0 Å². The lowest BCUT2D eigenvalue weighted by atomic mass is 9.78. The Morgan fingerprint density at radius 3 is 1.98 bits per heavy atom. The number of aromatic nitrogens is 2. The van der Waals surface area contributed by atoms with Gasteiger partial charge in [-0.3, -0.25) is 4.90 Å². The minimum atomic E-state index is -0.210. The van der Waals surface area contributed by atoms with Gasteiger partial charge < -0.3 is 5.11 Å². The molecule has 0 amide bonds. The van der Waals surface area contributed by atoms with E-state index in [1.165, 1.54) is 5.56 Å². The molecular formula is C36H37N3O. The smallest absolute Gasteiger partial charge is 0.137 e. The fourth-order valence-electron chi connectivity index (χ4n) is 4.86. The van der Waals surface area contributed by atoms with E-state index in [9.17, 15) is 5.11 Å². The molecule has 0 spiro atoms. The van der Waals surface area contributed by atoms with Crippen LogP contribution in [0.4, 0.5) is 17.2 Å². The predicted molar refractivity (Wildman–Crippen MR) is 167 cm³/mol. The van der Waals surface area contributed by atoms with E-state index in [1.54, 1.807) is 0 Å². The molecule has 3 aromatic carbocycles. The third-order valence-corrected chi connectivity index (χ3v) is 7.10. The molecule has 0 atom stereocenters. The molecule has 0 aliphatic rings. The SMILES string of the molecule is CC(C)(C)c1cc(-c2cccc(-c3cccc(N(c4ccccc4)c4ccccn4)c3)n2)c(O)c(C(C)(C)C)c1. The molecule has 202 valence electrons. The summed E-state index contributed by atoms with van der Waals surface area (Å²) in [6, 6.07) is 34.8. The summed E-state index contributed by atoms with van der Waals surface area (Å²) in [6.07, 6.45) is 1.81. The van der Waals surface area contributed by atoms with Gasteiger partial charge in [0.1, 0.15) is 11.6 Å². The van der Waals surface area contributed by atoms with Crippen molar-refractivity contribution in [2.24, 2.45) is 0 Å². The van der Waals surface area contributed by atoms with Crippen molar-refractivity contribution < 1.29 is 5.11 Å². The summed E-state index contributed by atoms with van der Waals surface area (Å²) in [5.41, 5.74) is 7.17. The molecule has 0 aliphatic heterocycles. The topological polar surface area (TPSA) is 49.2 Å². The van der Waals surface area contributed by atoms with Crippen LogP contribution in [-0.4, -0.2) is 15.1 Å². The molecule has 0 saturated carbocycles. The number of rotatable bonds is 5. The first-order chi connectivity index (χ1) is 19.0. The Morgan fingerprint density at radius 2 is 1.30 bits per heavy atom. The molecule has 5 aromatic rings. The van der Waals surface area contributed by atoms with Crippen molar-refractivity contribution >= 4 is 17.2 Å². The van der Waals surface area contributed by atoms with Gasteiger partial charge in [-0.15, -0.1) is 0 Å². The molecule has 2 heterocycles. The normalized spacial score (nSPS) is 11.8. The fourth-order valence-corrected chi connectivity index (χ4v) is 4.86. The Labute approximate surface area is 238 Å². The Kier molecular flexibility index (Phi) is 7.20. The molecule has 0 bridgehead atoms. The average Bonchev–Trinajstić information content (AvgIpc) is 2.93. The molecular weight excluding hydrogens is 490 g/mol. The Hall–Kier alpha value is -4.44. The van der Waals surface area contributed by atoms with Crippen molar-refractivity contribution in [3.63, 3.8) is 0 Å². The van der Waals surface area contributed by atoms with Gasteiger partial charge in [-0.25, -0.2) is 9.97 Å². The van der Waals surface area contributed by atoms with Gasteiger partial charge >= 0.3 is 0 Å². The second kappa shape index (κ2) is 10.6. The number of para-hydroxylation sites is 1. The second-order valence-corrected chi connectivity index (χ2v) is 12.2. The van der Waals surface area contributed by atoms with Crippen LogP contribution < -0.4 is 4.90 Å². The van der Waals surface area contributed by atoms with Crippen LogP contribution >= 0.6 is 0 Å². The van der Waals surface area contributed by atoms with E-state index in [0.717, 1.165) is 45.3 Å². The summed E-state index contributed by atoms with van der Waals surface area (Å²) >= 11 is 0. The van der Waals surface area contributed by atoms with E-state index in [0.29, 0.717) is 5.75 Å². The lowest BCUT2D eigenvalue weighted by Gasteiger charge is -2.27. The zero-order valence-electron chi connectivity index (χ0n) is 24.2. The molecule has 2 aromatic heterocycles. The number of phenols is 1. The van der Waals surface area contributed by atoms with Crippen LogP contribution in [0.15, 0.2) is 109 Å². The minimum absolute atomic E-state index is 0.0687. The van der Waals surface area contributed by atoms with Crippen molar-refractivity contribution in [2.45, 2.75) is 52.4 Å². The summed E-state index contributed by atoms with van der Waals surface area (Å²) in [6.45, 7) is 13.0. The number of hydrogen-bond donors (Lipinski definition) is 1. The van der Waals surface area contributed by atoms with E-state index >= 15 is 0 Å². The van der Waals surface area contributed by atoms with Gasteiger partial charge in [-0.05, 0) is 71.0 Å². The summed E-state index contributed by atoms with van der Waals surface area (Å²) in [5.74, 6) is 1.13. The van der Waals surface area contributed by atoms with Crippen LogP contribution in [0.25, 0.3) is 22.5 Å². The Morgan fingerprint density at radius 1 is 0.625 bits per heavy atom. The van der Waals surface area contributed by atoms with Gasteiger partial charge in [0.2, 0.25) is 0 Å². The van der Waals surface area contributed by atoms with Gasteiger partial charge in [0, 0.05) is 34.3 Å². The van der Waals surface area contributed by atoms with Crippen molar-refractivity contribution in [3.8, 4) is 28.3 Å². The molecule has 0 saturated heterocycles. The number of pyridine rings is 2. The van der Waals surface area contributed by atoms with Crippen LogP contribution in [-0.2, 0) is 10.8 Å². The van der Waals surface area contributed by atoms with Gasteiger partial charge in [0.25, 0.3) is 0 Å². The molecule has 40 heavy (non-hydrogen) atoms. The van der Waals surface area contributed by atoms with Crippen LogP contribution in [0, 0.1) is 0 Å². The van der Waals surface area contributed by atoms with E-state index in [4.69, 9.17) is 4.98 Å². The highest BCUT2D eigenvalue weighted by molar-refractivity contribution is 5.79. The molecule has 4 nitrogen and oxygen atoms in total. The van der Waals surface area contributed by atoms with Crippen molar-refractivity contribution in [1.82, 2.24) is 9.97 Å². The summed E-state index contributed by atoms with van der Waals surface area (Å²) in [4.78, 5) is 11.8. The zero-order valence-corrected chi connectivity index (χ0v) is 24.2. The minimum Gasteiger partial charge on any atom is -0.507 e. The van der Waals surface area contributed by atoms with Crippen LogP contribution in [0.5, 0.6) is 5.75 Å². The van der Waals surface area contributed by atoms with Crippen molar-refractivity contribution in [3.05, 3.63) is 120 Å². The standard InChI is InChI=1S/C36H37N3O/c1-35(2,3)26-23-29(34(40)30(24-26)36(4,5)6)32-19-13-18-31(38-32)25-14-12-17-28(22-25)39(27-15-8-7-9-16-27)33-20-10-11-21-37-33/h7-24,40H,1-6H3. The van der Waals surface area contributed by atoms with Gasteiger partial charge in [0.05, 0.1) is 11.4 Å². The van der Waals surface area contributed by atoms with Gasteiger partial charge in [-0.1, -0.05) is 90.1 Å². The molecule has 0 fully saturated rings. The Balaban J connectivity index is 1.62. The molecule has 4 heteroatoms. The summed E-state index contributed by atoms with van der Waals surface area (Å²) < 4.78 is 0. The average molecular weight is 528 g/mol. The van der Waals surface area contributed by atoms with E-state index < -0.39 is 0 Å². The van der Waals surface area contributed by atoms with Gasteiger partial charge in [-0.2, -0.15) is 0 Å². The third-order valence-electron chi connectivity index (χ3n) is 7.10.